The van der Waals surface area contributed by atoms with E-state index in [0.717, 1.165) is 0 Å². The molecular weight excluding hydrogens is 279 g/mol. The van der Waals surface area contributed by atoms with Crippen LogP contribution in [0.3, 0.4) is 0 Å². The van der Waals surface area contributed by atoms with E-state index in [1.807, 2.05) is 0 Å². The van der Waals surface area contributed by atoms with Gasteiger partial charge in [-0.2, -0.15) is 0 Å². The molecule has 0 aliphatic carbocycles. The molecule has 0 fully saturated rings. The molecule has 0 spiro atoms. The number of pyridine rings is 1. The lowest BCUT2D eigenvalue weighted by atomic mass is 10.2. The molecule has 2 nitrogen and oxygen atoms in total. The molecule has 1 aromatic heterocycles. The van der Waals surface area contributed by atoms with Gasteiger partial charge in [-0.05, 0) is 6.07 Å². The van der Waals surface area contributed by atoms with Crippen molar-refractivity contribution in [3.05, 3.63) is 27.5 Å². The third-order valence-electron chi connectivity index (χ3n) is 1.65. The first kappa shape index (κ1) is 11.8. The van der Waals surface area contributed by atoms with Crippen LogP contribution in [0.4, 0.5) is 8.78 Å². The van der Waals surface area contributed by atoms with Gasteiger partial charge in [0, 0.05) is 4.47 Å². The van der Waals surface area contributed by atoms with Gasteiger partial charge in [0.2, 0.25) is 0 Å². The van der Waals surface area contributed by atoms with E-state index in [4.69, 9.17) is 16.7 Å². The normalized spacial score (nSPS) is 11.0. The first-order valence-electron chi connectivity index (χ1n) is 3.73. The van der Waals surface area contributed by atoms with E-state index < -0.39 is 6.43 Å². The van der Waals surface area contributed by atoms with Crippen LogP contribution in [0.5, 0.6) is 0 Å². The lowest BCUT2D eigenvalue weighted by Gasteiger charge is -2.09. The predicted molar refractivity (Wildman–Crippen MR) is 52.4 cm³/mol. The van der Waals surface area contributed by atoms with Crippen molar-refractivity contribution in [3.63, 3.8) is 0 Å². The Bertz CT molecular complexity index is 335. The maximum Gasteiger partial charge on any atom is 0.266 e. The van der Waals surface area contributed by atoms with Crippen molar-refractivity contribution < 1.29 is 13.9 Å². The van der Waals surface area contributed by atoms with Crippen molar-refractivity contribution in [2.45, 2.75) is 18.9 Å². The highest BCUT2D eigenvalue weighted by atomic mass is 79.9. The zero-order valence-corrected chi connectivity index (χ0v) is 9.32. The number of hydrogen-bond donors (Lipinski definition) is 1. The summed E-state index contributed by atoms with van der Waals surface area (Å²) in [6.45, 7) is -0.300. The van der Waals surface area contributed by atoms with Crippen LogP contribution in [0.2, 0.25) is 0 Å². The van der Waals surface area contributed by atoms with Gasteiger partial charge in [0.25, 0.3) is 6.43 Å². The van der Waals surface area contributed by atoms with Gasteiger partial charge in [0.05, 0.1) is 29.4 Å². The zero-order chi connectivity index (χ0) is 10.7. The van der Waals surface area contributed by atoms with Crippen molar-refractivity contribution in [2.75, 3.05) is 0 Å². The minimum Gasteiger partial charge on any atom is -0.390 e. The molecule has 78 valence electrons. The summed E-state index contributed by atoms with van der Waals surface area (Å²) >= 11 is 8.47. The minimum absolute atomic E-state index is 0.0973. The lowest BCUT2D eigenvalue weighted by Crippen LogP contribution is -2.01. The first-order chi connectivity index (χ1) is 6.60. The average molecular weight is 287 g/mol. The lowest BCUT2D eigenvalue weighted by molar-refractivity contribution is 0.149. The molecule has 1 heterocycles. The van der Waals surface area contributed by atoms with E-state index in [1.54, 1.807) is 0 Å². The Hall–Kier alpha value is -0.260. The molecule has 1 N–H and O–H groups in total. The van der Waals surface area contributed by atoms with Gasteiger partial charge in [-0.1, -0.05) is 15.9 Å². The highest BCUT2D eigenvalue weighted by Crippen LogP contribution is 2.31. The largest absolute Gasteiger partial charge is 0.390 e. The molecule has 0 aliphatic rings. The summed E-state index contributed by atoms with van der Waals surface area (Å²) in [7, 11) is 0. The van der Waals surface area contributed by atoms with Crippen molar-refractivity contribution in [1.82, 2.24) is 4.98 Å². The second-order valence-electron chi connectivity index (χ2n) is 2.55. The smallest absolute Gasteiger partial charge is 0.266 e. The molecule has 0 amide bonds. The fourth-order valence-corrected chi connectivity index (χ4v) is 1.91. The van der Waals surface area contributed by atoms with Crippen molar-refractivity contribution in [2.24, 2.45) is 0 Å². The molecule has 0 aromatic carbocycles. The molecule has 0 saturated heterocycles. The summed E-state index contributed by atoms with van der Waals surface area (Å²) in [5.74, 6) is -0.105. The van der Waals surface area contributed by atoms with E-state index in [9.17, 15) is 8.78 Å². The van der Waals surface area contributed by atoms with Crippen LogP contribution in [0, 0.1) is 0 Å². The number of nitrogens with zero attached hydrogens (tertiary/aromatic N) is 1. The summed E-state index contributed by atoms with van der Waals surface area (Å²) in [5, 5.41) is 8.80. The maximum absolute atomic E-state index is 12.5. The van der Waals surface area contributed by atoms with Gasteiger partial charge in [-0.3, -0.25) is 4.98 Å². The molecule has 1 aromatic rings. The molecular formula is C8H7BrClF2NO. The second-order valence-corrected chi connectivity index (χ2v) is 3.67. The van der Waals surface area contributed by atoms with Crippen LogP contribution in [-0.4, -0.2) is 10.1 Å². The number of rotatable bonds is 3. The SMILES string of the molecule is OCc1cc(Br)c(C(F)F)c(CCl)n1. The van der Waals surface area contributed by atoms with Crippen molar-refractivity contribution >= 4 is 27.5 Å². The molecule has 0 saturated carbocycles. The van der Waals surface area contributed by atoms with Gasteiger partial charge >= 0.3 is 0 Å². The van der Waals surface area contributed by atoms with Crippen molar-refractivity contribution in [3.8, 4) is 0 Å². The van der Waals surface area contributed by atoms with E-state index in [1.165, 1.54) is 6.07 Å². The van der Waals surface area contributed by atoms with Crippen LogP contribution in [-0.2, 0) is 12.5 Å². The fraction of sp³-hybridized carbons (Fsp3) is 0.375. The molecule has 0 atom stereocenters. The number of hydrogen-bond acceptors (Lipinski definition) is 2. The molecule has 0 aliphatic heterocycles. The Labute approximate surface area is 93.0 Å². The standard InChI is InChI=1S/C8H7BrClF2NO/c9-5-1-4(3-14)13-6(2-10)7(5)8(11)12/h1,8,14H,2-3H2. The van der Waals surface area contributed by atoms with Crippen LogP contribution in [0.15, 0.2) is 10.5 Å². The third-order valence-corrected chi connectivity index (χ3v) is 2.56. The molecule has 0 radical (unpaired) electrons. The van der Waals surface area contributed by atoms with Crippen LogP contribution >= 0.6 is 27.5 Å². The van der Waals surface area contributed by atoms with E-state index >= 15 is 0 Å². The molecule has 0 unspecified atom stereocenters. The molecule has 6 heteroatoms. The number of alkyl halides is 3. The average Bonchev–Trinajstić information content (AvgIpc) is 2.15. The number of aliphatic hydroxyl groups excluding tert-OH is 1. The number of aliphatic hydroxyl groups is 1. The summed E-state index contributed by atoms with van der Waals surface area (Å²) in [6, 6.07) is 1.36. The Morgan fingerprint density at radius 3 is 2.64 bits per heavy atom. The summed E-state index contributed by atoms with van der Waals surface area (Å²) in [4.78, 5) is 3.80. The van der Waals surface area contributed by atoms with Crippen LogP contribution < -0.4 is 0 Å². The Morgan fingerprint density at radius 2 is 2.21 bits per heavy atom. The topological polar surface area (TPSA) is 33.1 Å². The van der Waals surface area contributed by atoms with Crippen LogP contribution in [0.1, 0.15) is 23.4 Å². The second kappa shape index (κ2) is 5.00. The van der Waals surface area contributed by atoms with Gasteiger partial charge in [0.15, 0.2) is 0 Å². The van der Waals surface area contributed by atoms with Gasteiger partial charge < -0.3 is 5.11 Å². The third kappa shape index (κ3) is 2.40. The molecule has 1 rings (SSSR count). The Kier molecular flexibility index (Phi) is 4.22. The maximum atomic E-state index is 12.5. The van der Waals surface area contributed by atoms with E-state index in [0.29, 0.717) is 5.69 Å². The van der Waals surface area contributed by atoms with Crippen molar-refractivity contribution in [1.29, 1.82) is 0 Å². The number of halogens is 4. The molecule has 0 bridgehead atoms. The summed E-state index contributed by atoms with van der Waals surface area (Å²) < 4.78 is 25.3. The van der Waals surface area contributed by atoms with Gasteiger partial charge in [-0.25, -0.2) is 8.78 Å². The van der Waals surface area contributed by atoms with Gasteiger partial charge in [0.1, 0.15) is 0 Å². The first-order valence-corrected chi connectivity index (χ1v) is 5.06. The van der Waals surface area contributed by atoms with Crippen LogP contribution in [0.25, 0.3) is 0 Å². The Morgan fingerprint density at radius 1 is 1.57 bits per heavy atom. The molecule has 14 heavy (non-hydrogen) atoms. The Balaban J connectivity index is 3.27. The predicted octanol–water partition coefficient (Wildman–Crippen LogP) is 3.01. The quantitative estimate of drug-likeness (QED) is 0.867. The fourth-order valence-electron chi connectivity index (χ4n) is 1.04. The van der Waals surface area contributed by atoms with Gasteiger partial charge in [-0.15, -0.1) is 11.6 Å². The minimum atomic E-state index is -2.63. The summed E-state index contributed by atoms with van der Waals surface area (Å²) in [6.07, 6.45) is -2.63. The van der Waals surface area contributed by atoms with E-state index in [2.05, 4.69) is 20.9 Å². The highest BCUT2D eigenvalue weighted by molar-refractivity contribution is 9.10. The zero-order valence-electron chi connectivity index (χ0n) is 6.98. The number of aromatic nitrogens is 1. The van der Waals surface area contributed by atoms with E-state index in [-0.39, 0.29) is 28.2 Å². The summed E-state index contributed by atoms with van der Waals surface area (Å²) in [5.41, 5.74) is 0.203. The monoisotopic (exact) mass is 285 g/mol. The highest BCUT2D eigenvalue weighted by Gasteiger charge is 2.18.